The maximum atomic E-state index is 11.7. The zero-order valence-electron chi connectivity index (χ0n) is 8.76. The van der Waals surface area contributed by atoms with Crippen LogP contribution in [-0.2, 0) is 0 Å². The number of hydrogen-bond acceptors (Lipinski definition) is 4. The predicted molar refractivity (Wildman–Crippen MR) is 65.1 cm³/mol. The van der Waals surface area contributed by atoms with Crippen molar-refractivity contribution in [3.05, 3.63) is 53.2 Å². The number of carbonyl (C=O) groups excluding carboxylic acids is 1. The molecule has 0 fully saturated rings. The predicted octanol–water partition coefficient (Wildman–Crippen LogP) is 2.54. The topological polar surface area (TPSA) is 65.2 Å². The van der Waals surface area contributed by atoms with Gasteiger partial charge in [0, 0.05) is 11.2 Å². The SMILES string of the molecule is Nc1ccc(C(=O)Oc2cccc(Cl)c2)cn1. The molecule has 0 unspecified atom stereocenters. The first-order chi connectivity index (χ1) is 8.15. The number of nitrogen functional groups attached to an aromatic ring is 1. The number of benzene rings is 1. The van der Waals surface area contributed by atoms with Crippen molar-refractivity contribution < 1.29 is 9.53 Å². The van der Waals surface area contributed by atoms with Gasteiger partial charge in [0.05, 0.1) is 5.56 Å². The molecule has 4 nitrogen and oxygen atoms in total. The minimum Gasteiger partial charge on any atom is -0.423 e. The Balaban J connectivity index is 2.14. The van der Waals surface area contributed by atoms with Crippen LogP contribution in [0.1, 0.15) is 10.4 Å². The summed E-state index contributed by atoms with van der Waals surface area (Å²) >= 11 is 5.77. The van der Waals surface area contributed by atoms with E-state index in [0.717, 1.165) is 0 Å². The maximum absolute atomic E-state index is 11.7. The summed E-state index contributed by atoms with van der Waals surface area (Å²) in [5.41, 5.74) is 5.75. The Bertz CT molecular complexity index is 540. The van der Waals surface area contributed by atoms with Crippen LogP contribution in [0.15, 0.2) is 42.6 Å². The van der Waals surface area contributed by atoms with Crippen LogP contribution in [0.2, 0.25) is 5.02 Å². The van der Waals surface area contributed by atoms with E-state index in [2.05, 4.69) is 4.98 Å². The van der Waals surface area contributed by atoms with E-state index in [1.165, 1.54) is 12.3 Å². The molecule has 0 saturated carbocycles. The summed E-state index contributed by atoms with van der Waals surface area (Å²) in [6.07, 6.45) is 1.36. The number of anilines is 1. The van der Waals surface area contributed by atoms with Crippen LogP contribution in [0.5, 0.6) is 5.75 Å². The lowest BCUT2D eigenvalue weighted by molar-refractivity contribution is 0.0734. The number of rotatable bonds is 2. The summed E-state index contributed by atoms with van der Waals surface area (Å²) in [5.74, 6) is 0.239. The van der Waals surface area contributed by atoms with E-state index in [4.69, 9.17) is 22.1 Å². The van der Waals surface area contributed by atoms with Crippen LogP contribution < -0.4 is 10.5 Å². The molecule has 0 aliphatic carbocycles. The second-order valence-electron chi connectivity index (χ2n) is 3.32. The van der Waals surface area contributed by atoms with Crippen molar-refractivity contribution in [3.8, 4) is 5.75 Å². The van der Waals surface area contributed by atoms with Gasteiger partial charge >= 0.3 is 5.97 Å². The Morgan fingerprint density at radius 1 is 1.29 bits per heavy atom. The Morgan fingerprint density at radius 3 is 2.76 bits per heavy atom. The Kier molecular flexibility index (Phi) is 3.25. The van der Waals surface area contributed by atoms with Gasteiger partial charge in [-0.2, -0.15) is 0 Å². The molecule has 0 amide bonds. The molecular formula is C12H9ClN2O2. The molecule has 86 valence electrons. The van der Waals surface area contributed by atoms with Gasteiger partial charge in [-0.3, -0.25) is 0 Å². The van der Waals surface area contributed by atoms with Gasteiger partial charge in [0.1, 0.15) is 11.6 Å². The van der Waals surface area contributed by atoms with Gasteiger partial charge in [-0.1, -0.05) is 17.7 Å². The fraction of sp³-hybridized carbons (Fsp3) is 0. The van der Waals surface area contributed by atoms with Gasteiger partial charge in [0.15, 0.2) is 0 Å². The van der Waals surface area contributed by atoms with E-state index in [1.54, 1.807) is 30.3 Å². The number of hydrogen-bond donors (Lipinski definition) is 1. The summed E-state index contributed by atoms with van der Waals surface area (Å²) in [7, 11) is 0. The van der Waals surface area contributed by atoms with Gasteiger partial charge in [0.2, 0.25) is 0 Å². The second-order valence-corrected chi connectivity index (χ2v) is 3.76. The molecule has 0 saturated heterocycles. The number of ether oxygens (including phenoxy) is 1. The summed E-state index contributed by atoms with van der Waals surface area (Å²) < 4.78 is 5.12. The Labute approximate surface area is 103 Å². The zero-order chi connectivity index (χ0) is 12.3. The number of nitrogens with two attached hydrogens (primary N) is 1. The number of halogens is 1. The van der Waals surface area contributed by atoms with Crippen LogP contribution in [0, 0.1) is 0 Å². The van der Waals surface area contributed by atoms with Crippen molar-refractivity contribution in [2.45, 2.75) is 0 Å². The summed E-state index contributed by atoms with van der Waals surface area (Å²) in [4.78, 5) is 15.5. The first-order valence-electron chi connectivity index (χ1n) is 4.84. The quantitative estimate of drug-likeness (QED) is 0.655. The molecule has 0 spiro atoms. The molecule has 0 aliphatic rings. The fourth-order valence-electron chi connectivity index (χ4n) is 1.22. The molecule has 1 aromatic heterocycles. The van der Waals surface area contributed by atoms with E-state index < -0.39 is 5.97 Å². The van der Waals surface area contributed by atoms with Gasteiger partial charge < -0.3 is 10.5 Å². The van der Waals surface area contributed by atoms with E-state index in [-0.39, 0.29) is 0 Å². The molecular weight excluding hydrogens is 240 g/mol. The van der Waals surface area contributed by atoms with Crippen LogP contribution in [0.25, 0.3) is 0 Å². The lowest BCUT2D eigenvalue weighted by Crippen LogP contribution is -2.09. The molecule has 0 bridgehead atoms. The first kappa shape index (κ1) is 11.4. The minimum atomic E-state index is -0.500. The largest absolute Gasteiger partial charge is 0.423 e. The van der Waals surface area contributed by atoms with Crippen molar-refractivity contribution in [1.82, 2.24) is 4.98 Å². The van der Waals surface area contributed by atoms with Crippen LogP contribution in [0.3, 0.4) is 0 Å². The highest BCUT2D eigenvalue weighted by atomic mass is 35.5. The molecule has 2 rings (SSSR count). The molecule has 2 N–H and O–H groups in total. The van der Waals surface area contributed by atoms with E-state index in [9.17, 15) is 4.79 Å². The number of aromatic nitrogens is 1. The maximum Gasteiger partial charge on any atom is 0.345 e. The van der Waals surface area contributed by atoms with Crippen molar-refractivity contribution >= 4 is 23.4 Å². The van der Waals surface area contributed by atoms with Crippen LogP contribution in [0.4, 0.5) is 5.82 Å². The monoisotopic (exact) mass is 248 g/mol. The Hall–Kier alpha value is -2.07. The fourth-order valence-corrected chi connectivity index (χ4v) is 1.40. The molecule has 0 radical (unpaired) electrons. The highest BCUT2D eigenvalue weighted by Gasteiger charge is 2.08. The lowest BCUT2D eigenvalue weighted by atomic mass is 10.3. The van der Waals surface area contributed by atoms with Crippen molar-refractivity contribution in [1.29, 1.82) is 0 Å². The molecule has 1 heterocycles. The average molecular weight is 249 g/mol. The molecule has 0 atom stereocenters. The number of carbonyl (C=O) groups is 1. The van der Waals surface area contributed by atoms with Gasteiger partial charge in [0.25, 0.3) is 0 Å². The smallest absolute Gasteiger partial charge is 0.345 e. The zero-order valence-corrected chi connectivity index (χ0v) is 9.52. The average Bonchev–Trinajstić information content (AvgIpc) is 2.29. The second kappa shape index (κ2) is 4.84. The first-order valence-corrected chi connectivity index (χ1v) is 5.22. The minimum absolute atomic E-state index is 0.333. The van der Waals surface area contributed by atoms with Gasteiger partial charge in [-0.05, 0) is 30.3 Å². The summed E-state index contributed by atoms with van der Waals surface area (Å²) in [6, 6.07) is 9.69. The van der Waals surface area contributed by atoms with E-state index in [0.29, 0.717) is 22.2 Å². The molecule has 5 heteroatoms. The number of nitrogens with zero attached hydrogens (tertiary/aromatic N) is 1. The molecule has 2 aromatic rings. The number of esters is 1. The highest BCUT2D eigenvalue weighted by Crippen LogP contribution is 2.18. The normalized spacial score (nSPS) is 9.94. The van der Waals surface area contributed by atoms with E-state index >= 15 is 0 Å². The van der Waals surface area contributed by atoms with Gasteiger partial charge in [-0.15, -0.1) is 0 Å². The third kappa shape index (κ3) is 2.95. The Morgan fingerprint density at radius 2 is 2.12 bits per heavy atom. The lowest BCUT2D eigenvalue weighted by Gasteiger charge is -2.04. The van der Waals surface area contributed by atoms with Gasteiger partial charge in [-0.25, -0.2) is 9.78 Å². The van der Waals surface area contributed by atoms with Crippen LogP contribution in [-0.4, -0.2) is 11.0 Å². The van der Waals surface area contributed by atoms with Crippen molar-refractivity contribution in [2.75, 3.05) is 5.73 Å². The third-order valence-corrected chi connectivity index (χ3v) is 2.26. The van der Waals surface area contributed by atoms with Crippen molar-refractivity contribution in [3.63, 3.8) is 0 Å². The highest BCUT2D eigenvalue weighted by molar-refractivity contribution is 6.30. The number of pyridine rings is 1. The third-order valence-electron chi connectivity index (χ3n) is 2.03. The van der Waals surface area contributed by atoms with E-state index in [1.807, 2.05) is 0 Å². The summed E-state index contributed by atoms with van der Waals surface area (Å²) in [5, 5.41) is 0.505. The molecule has 0 aliphatic heterocycles. The summed E-state index contributed by atoms with van der Waals surface area (Å²) in [6.45, 7) is 0. The standard InChI is InChI=1S/C12H9ClN2O2/c13-9-2-1-3-10(6-9)17-12(16)8-4-5-11(14)15-7-8/h1-7H,(H2,14,15). The van der Waals surface area contributed by atoms with Crippen molar-refractivity contribution in [2.24, 2.45) is 0 Å². The molecule has 17 heavy (non-hydrogen) atoms. The molecule has 1 aromatic carbocycles. The van der Waals surface area contributed by atoms with Crippen LogP contribution >= 0.6 is 11.6 Å².